The number of para-hydroxylation sites is 2. The molecule has 2 aromatic carbocycles. The molecule has 0 fully saturated rings. The smallest absolute Gasteiger partial charge is 0.339 e. The van der Waals surface area contributed by atoms with E-state index in [1.165, 1.54) is 6.21 Å². The number of aryl methyl sites for hydroxylation is 1. The number of carbonyl (C=O) groups is 1. The molecule has 0 bridgehead atoms. The molecular formula is C17H19N3O3. The van der Waals surface area contributed by atoms with Crippen molar-refractivity contribution in [1.29, 1.82) is 0 Å². The summed E-state index contributed by atoms with van der Waals surface area (Å²) in [5.41, 5.74) is 4.82. The number of hydrogen-bond acceptors (Lipinski definition) is 4. The van der Waals surface area contributed by atoms with E-state index in [-0.39, 0.29) is 0 Å². The topological polar surface area (TPSA) is 72.0 Å². The Kier molecular flexibility index (Phi) is 5.57. The van der Waals surface area contributed by atoms with Crippen molar-refractivity contribution in [2.24, 2.45) is 5.10 Å². The molecule has 2 amide bonds. The number of benzene rings is 2. The second kappa shape index (κ2) is 7.84. The molecule has 0 unspecified atom stereocenters. The van der Waals surface area contributed by atoms with Crippen molar-refractivity contribution >= 4 is 17.9 Å². The molecule has 0 aliphatic rings. The molecule has 0 saturated heterocycles. The van der Waals surface area contributed by atoms with Crippen molar-refractivity contribution in [2.75, 3.05) is 19.5 Å². The lowest BCUT2D eigenvalue weighted by atomic mass is 10.2. The molecule has 0 heterocycles. The van der Waals surface area contributed by atoms with Gasteiger partial charge in [0.2, 0.25) is 0 Å². The summed E-state index contributed by atoms with van der Waals surface area (Å²) in [5.74, 6) is 1.15. The van der Waals surface area contributed by atoms with Gasteiger partial charge in [0, 0.05) is 11.3 Å². The fourth-order valence-corrected chi connectivity index (χ4v) is 2.04. The maximum Gasteiger partial charge on any atom is 0.339 e. The third kappa shape index (κ3) is 4.23. The van der Waals surface area contributed by atoms with Gasteiger partial charge in [-0.05, 0) is 30.7 Å². The molecule has 2 aromatic rings. The minimum atomic E-state index is -0.419. The van der Waals surface area contributed by atoms with Gasteiger partial charge in [-0.1, -0.05) is 24.3 Å². The van der Waals surface area contributed by atoms with Crippen molar-refractivity contribution in [3.63, 3.8) is 0 Å². The van der Waals surface area contributed by atoms with E-state index in [9.17, 15) is 4.79 Å². The van der Waals surface area contributed by atoms with Crippen LogP contribution in [0.3, 0.4) is 0 Å². The molecule has 0 saturated carbocycles. The standard InChI is InChI=1S/C17H19N3O3/c1-12-7-4-5-9-14(12)19-17(21)20-18-11-13-8-6-10-15(22-2)16(13)23-3/h4-11H,1-3H3,(H2,19,20,21). The summed E-state index contributed by atoms with van der Waals surface area (Å²) in [6.45, 7) is 1.92. The lowest BCUT2D eigenvalue weighted by molar-refractivity contribution is 0.252. The molecule has 0 aliphatic heterocycles. The van der Waals surface area contributed by atoms with Crippen LogP contribution in [0.1, 0.15) is 11.1 Å². The maximum atomic E-state index is 11.8. The molecule has 0 aliphatic carbocycles. The zero-order valence-corrected chi connectivity index (χ0v) is 13.3. The monoisotopic (exact) mass is 313 g/mol. The van der Waals surface area contributed by atoms with Crippen LogP contribution in [0.25, 0.3) is 0 Å². The molecule has 0 spiro atoms. The predicted molar refractivity (Wildman–Crippen MR) is 90.5 cm³/mol. The van der Waals surface area contributed by atoms with Crippen molar-refractivity contribution in [1.82, 2.24) is 5.43 Å². The molecule has 6 heteroatoms. The van der Waals surface area contributed by atoms with Gasteiger partial charge in [0.05, 0.1) is 20.4 Å². The number of rotatable bonds is 5. The summed E-state index contributed by atoms with van der Waals surface area (Å²) in [4.78, 5) is 11.8. The first kappa shape index (κ1) is 16.4. The molecule has 120 valence electrons. The first-order valence-corrected chi connectivity index (χ1v) is 7.02. The number of nitrogens with zero attached hydrogens (tertiary/aromatic N) is 1. The van der Waals surface area contributed by atoms with Crippen LogP contribution in [0.2, 0.25) is 0 Å². The first-order valence-electron chi connectivity index (χ1n) is 7.02. The molecule has 2 rings (SSSR count). The van der Waals surface area contributed by atoms with E-state index >= 15 is 0 Å². The highest BCUT2D eigenvalue weighted by Crippen LogP contribution is 2.29. The number of amides is 2. The number of carbonyl (C=O) groups excluding carboxylic acids is 1. The normalized spacial score (nSPS) is 10.4. The van der Waals surface area contributed by atoms with E-state index in [1.807, 2.05) is 43.3 Å². The summed E-state index contributed by atoms with van der Waals surface area (Å²) < 4.78 is 10.5. The van der Waals surface area contributed by atoms with Crippen molar-refractivity contribution in [3.8, 4) is 11.5 Å². The third-order valence-electron chi connectivity index (χ3n) is 3.20. The molecule has 23 heavy (non-hydrogen) atoms. The fraction of sp³-hybridized carbons (Fsp3) is 0.176. The van der Waals surface area contributed by atoms with Gasteiger partial charge in [-0.25, -0.2) is 10.2 Å². The van der Waals surface area contributed by atoms with Gasteiger partial charge in [-0.2, -0.15) is 5.10 Å². The zero-order chi connectivity index (χ0) is 16.7. The number of methoxy groups -OCH3 is 2. The number of urea groups is 1. The summed E-state index contributed by atoms with van der Waals surface area (Å²) in [5, 5.41) is 6.66. The SMILES string of the molecule is COc1cccc(C=NNC(=O)Nc2ccccc2C)c1OC. The maximum absolute atomic E-state index is 11.8. The number of nitrogens with one attached hydrogen (secondary N) is 2. The van der Waals surface area contributed by atoms with Crippen LogP contribution in [0.4, 0.5) is 10.5 Å². The van der Waals surface area contributed by atoms with Gasteiger partial charge < -0.3 is 14.8 Å². The van der Waals surface area contributed by atoms with Crippen LogP contribution < -0.4 is 20.2 Å². The molecule has 0 aromatic heterocycles. The molecule has 0 radical (unpaired) electrons. The van der Waals surface area contributed by atoms with Gasteiger partial charge in [0.1, 0.15) is 0 Å². The summed E-state index contributed by atoms with van der Waals surface area (Å²) in [6.07, 6.45) is 1.50. The number of hydrogen-bond donors (Lipinski definition) is 2. The number of hydrazone groups is 1. The average molecular weight is 313 g/mol. The van der Waals surface area contributed by atoms with Gasteiger partial charge in [-0.15, -0.1) is 0 Å². The highest BCUT2D eigenvalue weighted by Gasteiger charge is 2.07. The van der Waals surface area contributed by atoms with E-state index < -0.39 is 6.03 Å². The predicted octanol–water partition coefficient (Wildman–Crippen LogP) is 3.17. The molecule has 0 atom stereocenters. The average Bonchev–Trinajstić information content (AvgIpc) is 2.56. The number of anilines is 1. The van der Waals surface area contributed by atoms with Crippen molar-refractivity contribution in [3.05, 3.63) is 53.6 Å². The van der Waals surface area contributed by atoms with Crippen LogP contribution in [0.15, 0.2) is 47.6 Å². The summed E-state index contributed by atoms with van der Waals surface area (Å²) in [6, 6.07) is 12.5. The lowest BCUT2D eigenvalue weighted by Gasteiger charge is -2.09. The molecule has 2 N–H and O–H groups in total. The Hall–Kier alpha value is -3.02. The zero-order valence-electron chi connectivity index (χ0n) is 13.3. The van der Waals surface area contributed by atoms with Crippen LogP contribution in [-0.4, -0.2) is 26.5 Å². The second-order valence-corrected chi connectivity index (χ2v) is 4.72. The van der Waals surface area contributed by atoms with Crippen LogP contribution in [0, 0.1) is 6.92 Å². The van der Waals surface area contributed by atoms with E-state index in [1.54, 1.807) is 20.3 Å². The Morgan fingerprint density at radius 1 is 1.09 bits per heavy atom. The quantitative estimate of drug-likeness (QED) is 0.658. The highest BCUT2D eigenvalue weighted by molar-refractivity contribution is 5.91. The van der Waals surface area contributed by atoms with Gasteiger partial charge in [-0.3, -0.25) is 0 Å². The Morgan fingerprint density at radius 3 is 2.57 bits per heavy atom. The Bertz CT molecular complexity index is 714. The van der Waals surface area contributed by atoms with Gasteiger partial charge in [0.25, 0.3) is 0 Å². The first-order chi connectivity index (χ1) is 11.2. The van der Waals surface area contributed by atoms with Crippen molar-refractivity contribution in [2.45, 2.75) is 6.92 Å². The Morgan fingerprint density at radius 2 is 1.87 bits per heavy atom. The second-order valence-electron chi connectivity index (χ2n) is 4.72. The molecular weight excluding hydrogens is 294 g/mol. The third-order valence-corrected chi connectivity index (χ3v) is 3.20. The van der Waals surface area contributed by atoms with E-state index in [2.05, 4.69) is 15.8 Å². The van der Waals surface area contributed by atoms with Crippen LogP contribution in [0.5, 0.6) is 11.5 Å². The van der Waals surface area contributed by atoms with Gasteiger partial charge in [0.15, 0.2) is 11.5 Å². The minimum absolute atomic E-state index is 0.419. The van der Waals surface area contributed by atoms with Gasteiger partial charge >= 0.3 is 6.03 Å². The van der Waals surface area contributed by atoms with Crippen LogP contribution in [-0.2, 0) is 0 Å². The Balaban J connectivity index is 2.02. The van der Waals surface area contributed by atoms with Crippen molar-refractivity contribution < 1.29 is 14.3 Å². The minimum Gasteiger partial charge on any atom is -0.493 e. The highest BCUT2D eigenvalue weighted by atomic mass is 16.5. The van der Waals surface area contributed by atoms with E-state index in [4.69, 9.17) is 9.47 Å². The largest absolute Gasteiger partial charge is 0.493 e. The van der Waals surface area contributed by atoms with E-state index in [0.29, 0.717) is 17.1 Å². The summed E-state index contributed by atoms with van der Waals surface area (Å²) in [7, 11) is 3.11. The fourth-order valence-electron chi connectivity index (χ4n) is 2.04. The van der Waals surface area contributed by atoms with Crippen LogP contribution >= 0.6 is 0 Å². The van der Waals surface area contributed by atoms with E-state index in [0.717, 1.165) is 11.3 Å². The Labute approximate surface area is 135 Å². The summed E-state index contributed by atoms with van der Waals surface area (Å²) >= 11 is 0. The lowest BCUT2D eigenvalue weighted by Crippen LogP contribution is -2.24. The molecule has 6 nitrogen and oxygen atoms in total. The number of ether oxygens (including phenoxy) is 2.